The molecule has 118 valence electrons. The maximum absolute atomic E-state index is 5.70. The Bertz CT molecular complexity index is 567. The molecule has 3 N–H and O–H groups in total. The van der Waals surface area contributed by atoms with Gasteiger partial charge in [-0.3, -0.25) is 0 Å². The number of hydrogen-bond acceptors (Lipinski definition) is 2. The average molecular weight is 296 g/mol. The van der Waals surface area contributed by atoms with Crippen molar-refractivity contribution >= 4 is 0 Å². The van der Waals surface area contributed by atoms with Crippen molar-refractivity contribution in [3.63, 3.8) is 0 Å². The van der Waals surface area contributed by atoms with E-state index in [0.717, 1.165) is 25.8 Å². The van der Waals surface area contributed by atoms with E-state index in [4.69, 9.17) is 5.73 Å². The number of hydrogen-bond donors (Lipinski definition) is 2. The Balaban J connectivity index is 0.000000847. The van der Waals surface area contributed by atoms with Crippen molar-refractivity contribution < 1.29 is 0 Å². The molecule has 0 amide bonds. The molecule has 0 saturated carbocycles. The van der Waals surface area contributed by atoms with Crippen LogP contribution in [-0.2, 0) is 6.42 Å². The number of fused-ring (bicyclic) bond motifs is 1. The summed E-state index contributed by atoms with van der Waals surface area (Å²) in [4.78, 5) is 0. The van der Waals surface area contributed by atoms with E-state index in [0.29, 0.717) is 12.6 Å². The molecule has 0 heterocycles. The van der Waals surface area contributed by atoms with Crippen molar-refractivity contribution in [1.29, 1.82) is 0 Å². The summed E-state index contributed by atoms with van der Waals surface area (Å²) < 4.78 is 0. The molecule has 22 heavy (non-hydrogen) atoms. The van der Waals surface area contributed by atoms with Crippen LogP contribution in [0.1, 0.15) is 43.9 Å². The maximum atomic E-state index is 5.70. The van der Waals surface area contributed by atoms with E-state index in [1.54, 1.807) is 0 Å². The van der Waals surface area contributed by atoms with Crippen LogP contribution < -0.4 is 11.1 Å². The number of benzene rings is 1. The lowest BCUT2D eigenvalue weighted by molar-refractivity contribution is 0.592. The lowest BCUT2D eigenvalue weighted by Crippen LogP contribution is -2.29. The third-order valence-corrected chi connectivity index (χ3v) is 4.17. The second-order valence-electron chi connectivity index (χ2n) is 5.42. The molecule has 1 unspecified atom stereocenters. The molecule has 0 saturated heterocycles. The van der Waals surface area contributed by atoms with Gasteiger partial charge in [-0.1, -0.05) is 62.4 Å². The van der Waals surface area contributed by atoms with Gasteiger partial charge >= 0.3 is 0 Å². The summed E-state index contributed by atoms with van der Waals surface area (Å²) in [6.07, 6.45) is 12.1. The Labute approximate surface area is 134 Å². The summed E-state index contributed by atoms with van der Waals surface area (Å²) in [5.74, 6) is 0. The second kappa shape index (κ2) is 8.72. The maximum Gasteiger partial charge on any atom is 0.0548 e. The molecule has 2 heteroatoms. The molecule has 0 aromatic heterocycles. The van der Waals surface area contributed by atoms with Crippen LogP contribution in [0.4, 0.5) is 0 Å². The number of nitrogens with two attached hydrogens (primary N) is 1. The molecule has 2 aliphatic rings. The molecule has 3 rings (SSSR count). The smallest absolute Gasteiger partial charge is 0.0548 e. The highest BCUT2D eigenvalue weighted by molar-refractivity contribution is 5.45. The predicted molar refractivity (Wildman–Crippen MR) is 95.8 cm³/mol. The van der Waals surface area contributed by atoms with Gasteiger partial charge in [-0.05, 0) is 41.5 Å². The summed E-state index contributed by atoms with van der Waals surface area (Å²) in [5.41, 5.74) is 11.6. The van der Waals surface area contributed by atoms with Gasteiger partial charge in [0, 0.05) is 13.1 Å². The van der Waals surface area contributed by atoms with Crippen molar-refractivity contribution in [2.24, 2.45) is 5.73 Å². The number of allylic oxidation sites excluding steroid dienone is 5. The van der Waals surface area contributed by atoms with Crippen LogP contribution in [0.2, 0.25) is 0 Å². The van der Waals surface area contributed by atoms with E-state index < -0.39 is 0 Å². The zero-order valence-corrected chi connectivity index (χ0v) is 13.8. The van der Waals surface area contributed by atoms with Crippen molar-refractivity contribution in [2.45, 2.75) is 39.2 Å². The number of rotatable bonds is 3. The fraction of sp³-hybridized carbons (Fsp3) is 0.400. The number of nitrogens with one attached hydrogen (secondary N) is 1. The standard InChI is InChI=1S/C18H22N2.C2H6/c19-12-13-20-18-16-8-3-1-2-6-14(16)10-11-15-7-4-5-9-17(15)18;1-2/h1-7,9,18,20H,8,10-13,19H2;1-2H3. The molecular formula is C20H28N2. The van der Waals surface area contributed by atoms with Gasteiger partial charge in [-0.2, -0.15) is 0 Å². The molecular weight excluding hydrogens is 268 g/mol. The van der Waals surface area contributed by atoms with Gasteiger partial charge in [0.15, 0.2) is 0 Å². The molecule has 0 bridgehead atoms. The Hall–Kier alpha value is -1.64. The first-order chi connectivity index (χ1) is 10.9. The lowest BCUT2D eigenvalue weighted by atomic mass is 9.92. The van der Waals surface area contributed by atoms with E-state index in [9.17, 15) is 0 Å². The van der Waals surface area contributed by atoms with Crippen LogP contribution in [0.5, 0.6) is 0 Å². The lowest BCUT2D eigenvalue weighted by Gasteiger charge is -2.23. The van der Waals surface area contributed by atoms with E-state index in [-0.39, 0.29) is 0 Å². The summed E-state index contributed by atoms with van der Waals surface area (Å²) in [6, 6.07) is 9.12. The third-order valence-electron chi connectivity index (χ3n) is 4.17. The minimum atomic E-state index is 0.305. The van der Waals surface area contributed by atoms with Gasteiger partial charge in [-0.15, -0.1) is 0 Å². The van der Waals surface area contributed by atoms with Crippen LogP contribution in [-0.4, -0.2) is 13.1 Å². The highest BCUT2D eigenvalue weighted by Crippen LogP contribution is 2.36. The molecule has 2 nitrogen and oxygen atoms in total. The average Bonchev–Trinajstić information content (AvgIpc) is 2.88. The Kier molecular flexibility index (Phi) is 6.63. The first kappa shape index (κ1) is 16.7. The largest absolute Gasteiger partial charge is 0.329 e. The van der Waals surface area contributed by atoms with Crippen LogP contribution in [0.3, 0.4) is 0 Å². The zero-order chi connectivity index (χ0) is 15.8. The molecule has 0 aliphatic heterocycles. The van der Waals surface area contributed by atoms with Crippen molar-refractivity contribution in [3.8, 4) is 0 Å². The first-order valence-corrected chi connectivity index (χ1v) is 8.46. The normalized spacial score (nSPS) is 19.5. The highest BCUT2D eigenvalue weighted by atomic mass is 14.9. The Morgan fingerprint density at radius 2 is 1.95 bits per heavy atom. The van der Waals surface area contributed by atoms with Crippen molar-refractivity contribution in [2.75, 3.05) is 13.1 Å². The topological polar surface area (TPSA) is 38.0 Å². The summed E-state index contributed by atoms with van der Waals surface area (Å²) >= 11 is 0. The molecule has 0 fully saturated rings. The second-order valence-corrected chi connectivity index (χ2v) is 5.42. The molecule has 2 aliphatic carbocycles. The van der Waals surface area contributed by atoms with Crippen molar-refractivity contribution in [3.05, 3.63) is 70.8 Å². The van der Waals surface area contributed by atoms with E-state index >= 15 is 0 Å². The van der Waals surface area contributed by atoms with Gasteiger partial charge in [0.25, 0.3) is 0 Å². The van der Waals surface area contributed by atoms with Gasteiger partial charge in [0.1, 0.15) is 0 Å². The number of aryl methyl sites for hydroxylation is 1. The van der Waals surface area contributed by atoms with E-state index in [2.05, 4.69) is 53.9 Å². The van der Waals surface area contributed by atoms with Gasteiger partial charge in [0.2, 0.25) is 0 Å². The summed E-state index contributed by atoms with van der Waals surface area (Å²) in [7, 11) is 0. The molecule has 1 aromatic rings. The van der Waals surface area contributed by atoms with Crippen LogP contribution in [0, 0.1) is 0 Å². The minimum Gasteiger partial charge on any atom is -0.329 e. The fourth-order valence-corrected chi connectivity index (χ4v) is 3.19. The van der Waals surface area contributed by atoms with E-state index in [1.165, 1.54) is 22.3 Å². The van der Waals surface area contributed by atoms with Gasteiger partial charge in [-0.25, -0.2) is 0 Å². The van der Waals surface area contributed by atoms with E-state index in [1.807, 2.05) is 13.8 Å². The minimum absolute atomic E-state index is 0.305. The van der Waals surface area contributed by atoms with Gasteiger partial charge in [0.05, 0.1) is 6.04 Å². The highest BCUT2D eigenvalue weighted by Gasteiger charge is 2.24. The molecule has 0 spiro atoms. The quantitative estimate of drug-likeness (QED) is 0.882. The van der Waals surface area contributed by atoms with Crippen molar-refractivity contribution in [1.82, 2.24) is 5.32 Å². The Morgan fingerprint density at radius 3 is 2.77 bits per heavy atom. The zero-order valence-electron chi connectivity index (χ0n) is 13.8. The Morgan fingerprint density at radius 1 is 1.14 bits per heavy atom. The molecule has 1 atom stereocenters. The molecule has 0 radical (unpaired) electrons. The third kappa shape index (κ3) is 3.76. The van der Waals surface area contributed by atoms with Crippen LogP contribution in [0.15, 0.2) is 59.7 Å². The molecule has 1 aromatic carbocycles. The summed E-state index contributed by atoms with van der Waals surface area (Å²) in [5, 5.41) is 3.64. The van der Waals surface area contributed by atoms with Crippen LogP contribution in [0.25, 0.3) is 0 Å². The predicted octanol–water partition coefficient (Wildman–Crippen LogP) is 4.06. The monoisotopic (exact) mass is 296 g/mol. The van der Waals surface area contributed by atoms with Gasteiger partial charge < -0.3 is 11.1 Å². The summed E-state index contributed by atoms with van der Waals surface area (Å²) in [6.45, 7) is 5.52. The SMILES string of the molecule is CC.NCCNC1C2=C(C=CC=CC2)CCc2ccccc21. The van der Waals surface area contributed by atoms with Crippen LogP contribution >= 0.6 is 0 Å². The first-order valence-electron chi connectivity index (χ1n) is 8.46. The fourth-order valence-electron chi connectivity index (χ4n) is 3.19.